The largest absolute Gasteiger partial charge is 0.480 e. The summed E-state index contributed by atoms with van der Waals surface area (Å²) in [5.41, 5.74) is 4.29. The Morgan fingerprint density at radius 3 is 2.56 bits per heavy atom. The normalized spacial score (nSPS) is 19.4. The van der Waals surface area contributed by atoms with E-state index < -0.39 is 18.4 Å². The molecule has 4 heterocycles. The van der Waals surface area contributed by atoms with E-state index in [9.17, 15) is 19.5 Å². The number of thiocarbonyl (C=S) groups is 1. The number of hydrogen-bond acceptors (Lipinski definition) is 8. The number of carbonyl (C=O) groups excluding carboxylic acids is 1. The van der Waals surface area contributed by atoms with Gasteiger partial charge in [-0.2, -0.15) is 0 Å². The fourth-order valence-electron chi connectivity index (χ4n) is 6.32. The van der Waals surface area contributed by atoms with Crippen LogP contribution in [-0.4, -0.2) is 43.4 Å². The summed E-state index contributed by atoms with van der Waals surface area (Å²) in [6.45, 7) is 6.19. The molecule has 2 unspecified atom stereocenters. The number of carbonyl (C=O) groups is 2. The average Bonchev–Trinajstić information content (AvgIpc) is 3.80. The second kappa shape index (κ2) is 13.0. The highest BCUT2D eigenvalue weighted by Crippen LogP contribution is 2.47. The van der Waals surface area contributed by atoms with Crippen LogP contribution in [-0.2, 0) is 16.1 Å². The van der Waals surface area contributed by atoms with Crippen LogP contribution in [0.15, 0.2) is 77.6 Å². The van der Waals surface area contributed by atoms with E-state index in [0.717, 1.165) is 27.9 Å². The number of hydrogen-bond donors (Lipinski definition) is 1. The number of thiazole rings is 1. The zero-order chi connectivity index (χ0) is 33.7. The minimum Gasteiger partial charge on any atom is -0.480 e. The Labute approximate surface area is 294 Å². The monoisotopic (exact) mass is 709 g/mol. The van der Waals surface area contributed by atoms with Gasteiger partial charge < -0.3 is 10.0 Å². The summed E-state index contributed by atoms with van der Waals surface area (Å²) in [6.07, 6.45) is 6.25. The molecular formula is C37H31N3O4S4. The van der Waals surface area contributed by atoms with E-state index in [2.05, 4.69) is 97.6 Å². The number of benzene rings is 3. The number of nitrogens with zero attached hydrogens (tertiary/aromatic N) is 3. The Bertz CT molecular complexity index is 2350. The number of thioether (sulfide) groups is 1. The van der Waals surface area contributed by atoms with Gasteiger partial charge in [0.1, 0.15) is 20.4 Å². The summed E-state index contributed by atoms with van der Waals surface area (Å²) in [5, 5.41) is 12.9. The van der Waals surface area contributed by atoms with Crippen molar-refractivity contribution in [3.63, 3.8) is 0 Å². The number of fused-ring (bicyclic) bond motifs is 2. The molecule has 1 saturated heterocycles. The highest BCUT2D eigenvalue weighted by Gasteiger charge is 2.36. The van der Waals surface area contributed by atoms with Crippen LogP contribution < -0.4 is 19.7 Å². The molecule has 7 nitrogen and oxygen atoms in total. The van der Waals surface area contributed by atoms with Gasteiger partial charge in [0.25, 0.3) is 11.5 Å². The third kappa shape index (κ3) is 5.74. The predicted molar refractivity (Wildman–Crippen MR) is 204 cm³/mol. The molecule has 5 aromatic rings. The first-order valence-electron chi connectivity index (χ1n) is 15.5. The molecule has 0 spiro atoms. The molecule has 2 aliphatic rings. The Kier molecular flexibility index (Phi) is 8.71. The van der Waals surface area contributed by atoms with Crippen molar-refractivity contribution in [3.8, 4) is 0 Å². The lowest BCUT2D eigenvalue weighted by atomic mass is 9.96. The van der Waals surface area contributed by atoms with Gasteiger partial charge in [0.2, 0.25) is 0 Å². The molecule has 0 aliphatic carbocycles. The summed E-state index contributed by atoms with van der Waals surface area (Å²) >= 11 is 9.33. The van der Waals surface area contributed by atoms with E-state index >= 15 is 0 Å². The Morgan fingerprint density at radius 1 is 0.979 bits per heavy atom. The number of carboxylic acid groups (broad SMARTS) is 1. The fourth-order valence-corrected chi connectivity index (χ4v) is 9.91. The number of aliphatic carboxylic acids is 1. The van der Waals surface area contributed by atoms with Crippen LogP contribution >= 0.6 is 46.7 Å². The summed E-state index contributed by atoms with van der Waals surface area (Å²) in [5.74, 6) is -1.36. The number of anilines is 2. The maximum atomic E-state index is 13.5. The predicted octanol–water partition coefficient (Wildman–Crippen LogP) is 6.84. The number of carboxylic acids is 1. The smallest absolute Gasteiger partial charge is 0.323 e. The standard InChI is InChI=1S/C37H31N3O4S4/c1-4-38-34(43)30(47-36(38)33-35(44)39(20-32(41)42)37(45)48-33)19-23-12-16-29-28(18-23)21(2)22(3)40(29)31-17-15-26(46-31)14-13-25-10-7-9-24-8-5-6-11-27(24)25/h5-19,21-22H,4,20H2,1-3H3,(H,41,42)/b14-13?,30-19-,36-33-. The Hall–Kier alpha value is -4.29. The van der Waals surface area contributed by atoms with Gasteiger partial charge in [-0.3, -0.25) is 23.9 Å². The molecule has 2 aromatic heterocycles. The van der Waals surface area contributed by atoms with Crippen LogP contribution in [0.4, 0.5) is 10.7 Å². The second-order valence-electron chi connectivity index (χ2n) is 11.7. The third-order valence-corrected chi connectivity index (χ3v) is 12.6. The highest BCUT2D eigenvalue weighted by molar-refractivity contribution is 8.30. The van der Waals surface area contributed by atoms with Crippen molar-refractivity contribution in [2.45, 2.75) is 39.3 Å². The van der Waals surface area contributed by atoms with E-state index in [1.165, 1.54) is 43.1 Å². The number of thiophene rings is 1. The van der Waals surface area contributed by atoms with E-state index in [0.29, 0.717) is 20.6 Å². The molecule has 0 bridgehead atoms. The highest BCUT2D eigenvalue weighted by atomic mass is 32.2. The van der Waals surface area contributed by atoms with E-state index in [1.807, 2.05) is 19.1 Å². The Balaban J connectivity index is 1.20. The summed E-state index contributed by atoms with van der Waals surface area (Å²) < 4.78 is 2.74. The minimum atomic E-state index is -1.15. The van der Waals surface area contributed by atoms with Crippen molar-refractivity contribution in [1.29, 1.82) is 0 Å². The lowest BCUT2D eigenvalue weighted by molar-refractivity contribution is -0.140. The van der Waals surface area contributed by atoms with Crippen LogP contribution in [0.3, 0.4) is 0 Å². The van der Waals surface area contributed by atoms with Gasteiger partial charge in [-0.1, -0.05) is 85.5 Å². The van der Waals surface area contributed by atoms with Gasteiger partial charge in [-0.05, 0) is 77.7 Å². The minimum absolute atomic E-state index is 0.177. The Morgan fingerprint density at radius 2 is 1.77 bits per heavy atom. The van der Waals surface area contributed by atoms with Crippen molar-refractivity contribution < 1.29 is 14.7 Å². The van der Waals surface area contributed by atoms with Crippen molar-refractivity contribution >= 4 is 107 Å². The molecule has 2 atom stereocenters. The quantitative estimate of drug-likeness (QED) is 0.186. The molecule has 3 aromatic carbocycles. The molecule has 11 heteroatoms. The third-order valence-electron chi connectivity index (χ3n) is 8.89. The number of rotatable bonds is 7. The molecular weight excluding hydrogens is 679 g/mol. The van der Waals surface area contributed by atoms with Gasteiger partial charge in [0, 0.05) is 29.1 Å². The second-order valence-corrected chi connectivity index (χ2v) is 15.5. The van der Waals surface area contributed by atoms with Gasteiger partial charge in [-0.25, -0.2) is 0 Å². The van der Waals surface area contributed by atoms with Gasteiger partial charge in [0.05, 0.1) is 9.53 Å². The maximum Gasteiger partial charge on any atom is 0.323 e. The van der Waals surface area contributed by atoms with Crippen LogP contribution in [0.5, 0.6) is 0 Å². The first kappa shape index (κ1) is 32.3. The van der Waals surface area contributed by atoms with Crippen LogP contribution in [0.2, 0.25) is 0 Å². The van der Waals surface area contributed by atoms with Gasteiger partial charge >= 0.3 is 5.97 Å². The van der Waals surface area contributed by atoms with Crippen molar-refractivity contribution in [1.82, 2.24) is 9.47 Å². The van der Waals surface area contributed by atoms with Gasteiger partial charge in [0.15, 0.2) is 0 Å². The molecule has 0 saturated carbocycles. The maximum absolute atomic E-state index is 13.5. The van der Waals surface area contributed by atoms with E-state index in [1.54, 1.807) is 15.9 Å². The fraction of sp³-hybridized carbons (Fsp3) is 0.189. The van der Waals surface area contributed by atoms with Crippen LogP contribution in [0, 0.1) is 0 Å². The lowest BCUT2D eigenvalue weighted by Gasteiger charge is -2.24. The molecule has 242 valence electrons. The molecule has 1 amide bonds. The summed E-state index contributed by atoms with van der Waals surface area (Å²) in [4.78, 5) is 42.8. The molecule has 48 heavy (non-hydrogen) atoms. The molecule has 1 N–H and O–H groups in total. The molecule has 0 radical (unpaired) electrons. The molecule has 7 rings (SSSR count). The van der Waals surface area contributed by atoms with Crippen LogP contribution in [0.1, 0.15) is 48.3 Å². The van der Waals surface area contributed by atoms with E-state index in [-0.39, 0.29) is 21.8 Å². The van der Waals surface area contributed by atoms with Crippen LogP contribution in [0.25, 0.3) is 33.9 Å². The SMILES string of the molecule is CCn1c(=O)/c(=C/c2ccc3c(c2)C(C)C(C)N3c2ccc(C=Cc3cccc4ccccc34)s2)s/c1=C1\SC(=S)N(CC(=O)O)C1=O. The molecule has 2 aliphatic heterocycles. The van der Waals surface area contributed by atoms with Crippen molar-refractivity contribution in [2.24, 2.45) is 0 Å². The number of amides is 1. The van der Waals surface area contributed by atoms with Gasteiger partial charge in [-0.15, -0.1) is 22.7 Å². The van der Waals surface area contributed by atoms with E-state index in [4.69, 9.17) is 12.2 Å². The first-order chi connectivity index (χ1) is 23.1. The molecule has 1 fully saturated rings. The zero-order valence-electron chi connectivity index (χ0n) is 26.4. The first-order valence-corrected chi connectivity index (χ1v) is 18.4. The lowest BCUT2D eigenvalue weighted by Crippen LogP contribution is -2.35. The number of aromatic nitrogens is 1. The summed E-state index contributed by atoms with van der Waals surface area (Å²) in [7, 11) is 0. The van der Waals surface area contributed by atoms with Crippen molar-refractivity contribution in [2.75, 3.05) is 11.4 Å². The zero-order valence-corrected chi connectivity index (χ0v) is 29.6. The average molecular weight is 710 g/mol. The summed E-state index contributed by atoms with van der Waals surface area (Å²) in [6, 6.07) is 25.7. The van der Waals surface area contributed by atoms with Crippen molar-refractivity contribution in [3.05, 3.63) is 114 Å². The topological polar surface area (TPSA) is 82.8 Å².